The second kappa shape index (κ2) is 8.08. The van der Waals surface area contributed by atoms with Gasteiger partial charge in [-0.1, -0.05) is 13.8 Å². The zero-order valence-electron chi connectivity index (χ0n) is 11.4. The second-order valence-electron chi connectivity index (χ2n) is 5.30. The molecule has 5 nitrogen and oxygen atoms in total. The van der Waals surface area contributed by atoms with E-state index in [-0.39, 0.29) is 18.4 Å². The average molecular weight is 255 g/mol. The molecule has 0 aromatic rings. The summed E-state index contributed by atoms with van der Waals surface area (Å²) in [5.74, 6) is 0.674. The Morgan fingerprint density at radius 3 is 2.50 bits per heavy atom. The van der Waals surface area contributed by atoms with Gasteiger partial charge in [-0.2, -0.15) is 0 Å². The predicted octanol–water partition coefficient (Wildman–Crippen LogP) is 0.407. The third kappa shape index (κ3) is 8.06. The molecular formula is C13H25N3O2. The topological polar surface area (TPSA) is 70.2 Å². The van der Waals surface area contributed by atoms with E-state index in [0.29, 0.717) is 24.9 Å². The maximum absolute atomic E-state index is 11.4. The quantitative estimate of drug-likeness (QED) is 0.523. The van der Waals surface area contributed by atoms with Crippen LogP contribution in [0.15, 0.2) is 0 Å². The van der Waals surface area contributed by atoms with Gasteiger partial charge in [-0.3, -0.25) is 9.59 Å². The first kappa shape index (κ1) is 15.0. The molecule has 0 unspecified atom stereocenters. The van der Waals surface area contributed by atoms with Gasteiger partial charge in [0.1, 0.15) is 0 Å². The van der Waals surface area contributed by atoms with Gasteiger partial charge in [-0.15, -0.1) is 0 Å². The van der Waals surface area contributed by atoms with E-state index in [1.165, 1.54) is 0 Å². The zero-order chi connectivity index (χ0) is 13.4. The first-order valence-electron chi connectivity index (χ1n) is 6.84. The minimum atomic E-state index is -0.00162. The van der Waals surface area contributed by atoms with Crippen molar-refractivity contribution in [1.82, 2.24) is 16.0 Å². The van der Waals surface area contributed by atoms with Gasteiger partial charge in [-0.25, -0.2) is 0 Å². The molecule has 1 aliphatic rings. The molecule has 0 atom stereocenters. The first-order chi connectivity index (χ1) is 8.58. The summed E-state index contributed by atoms with van der Waals surface area (Å²) in [5.41, 5.74) is 0. The van der Waals surface area contributed by atoms with Gasteiger partial charge in [0.15, 0.2) is 0 Å². The molecule has 0 bridgehead atoms. The summed E-state index contributed by atoms with van der Waals surface area (Å²) >= 11 is 0. The van der Waals surface area contributed by atoms with Crippen LogP contribution in [0.25, 0.3) is 0 Å². The third-order valence-corrected chi connectivity index (χ3v) is 2.80. The molecule has 1 rings (SSSR count). The van der Waals surface area contributed by atoms with Crippen LogP contribution in [0.1, 0.15) is 39.5 Å². The molecule has 0 heterocycles. The van der Waals surface area contributed by atoms with Crippen molar-refractivity contribution in [2.45, 2.75) is 45.6 Å². The van der Waals surface area contributed by atoms with E-state index in [1.54, 1.807) is 0 Å². The summed E-state index contributed by atoms with van der Waals surface area (Å²) in [6.07, 6.45) is 3.65. The van der Waals surface area contributed by atoms with Crippen molar-refractivity contribution in [3.8, 4) is 0 Å². The molecule has 0 radical (unpaired) electrons. The highest BCUT2D eigenvalue weighted by Gasteiger charge is 2.22. The van der Waals surface area contributed by atoms with Crippen LogP contribution < -0.4 is 16.0 Å². The van der Waals surface area contributed by atoms with Crippen molar-refractivity contribution >= 4 is 11.8 Å². The van der Waals surface area contributed by atoms with E-state index in [4.69, 9.17) is 0 Å². The molecule has 5 heteroatoms. The smallest absolute Gasteiger partial charge is 0.233 e. The molecule has 0 aromatic carbocycles. The maximum Gasteiger partial charge on any atom is 0.233 e. The van der Waals surface area contributed by atoms with Crippen molar-refractivity contribution in [3.05, 3.63) is 0 Å². The minimum absolute atomic E-state index is 0.00162. The molecule has 1 aliphatic carbocycles. The van der Waals surface area contributed by atoms with Crippen LogP contribution in [0, 0.1) is 5.92 Å². The lowest BCUT2D eigenvalue weighted by molar-refractivity contribution is -0.122. The lowest BCUT2D eigenvalue weighted by atomic mass is 10.1. The summed E-state index contributed by atoms with van der Waals surface area (Å²) in [4.78, 5) is 22.7. The van der Waals surface area contributed by atoms with Gasteiger partial charge in [-0.05, 0) is 25.2 Å². The monoisotopic (exact) mass is 255 g/mol. The zero-order valence-corrected chi connectivity index (χ0v) is 11.4. The number of amides is 2. The Morgan fingerprint density at radius 2 is 1.89 bits per heavy atom. The molecule has 0 aromatic heterocycles. The van der Waals surface area contributed by atoms with E-state index in [2.05, 4.69) is 29.8 Å². The highest BCUT2D eigenvalue weighted by atomic mass is 16.2. The fourth-order valence-corrected chi connectivity index (χ4v) is 1.49. The summed E-state index contributed by atoms with van der Waals surface area (Å²) < 4.78 is 0. The molecular weight excluding hydrogens is 230 g/mol. The van der Waals surface area contributed by atoms with Crippen LogP contribution in [-0.4, -0.2) is 37.5 Å². The van der Waals surface area contributed by atoms with Gasteiger partial charge in [0, 0.05) is 25.6 Å². The van der Waals surface area contributed by atoms with Crippen LogP contribution in [-0.2, 0) is 9.59 Å². The standard InChI is InChI=1S/C13H25N3O2/c1-10(2)5-8-15-13(18)9-14-7-6-12(17)16-11-3-4-11/h10-11,14H,3-9H2,1-2H3,(H,15,18)(H,16,17). The Hall–Kier alpha value is -1.10. The molecule has 1 saturated carbocycles. The number of carbonyl (C=O) groups excluding carboxylic acids is 2. The molecule has 1 fully saturated rings. The molecule has 0 spiro atoms. The summed E-state index contributed by atoms with van der Waals surface area (Å²) in [7, 11) is 0. The van der Waals surface area contributed by atoms with Crippen LogP contribution in [0.5, 0.6) is 0 Å². The molecule has 18 heavy (non-hydrogen) atoms. The second-order valence-corrected chi connectivity index (χ2v) is 5.30. The maximum atomic E-state index is 11.4. The summed E-state index contributed by atoms with van der Waals surface area (Å²) in [6.45, 7) is 5.82. The number of hydrogen-bond acceptors (Lipinski definition) is 3. The first-order valence-corrected chi connectivity index (χ1v) is 6.84. The number of nitrogens with one attached hydrogen (secondary N) is 3. The van der Waals surface area contributed by atoms with Gasteiger partial charge in [0.05, 0.1) is 6.54 Å². The van der Waals surface area contributed by atoms with Crippen molar-refractivity contribution in [2.75, 3.05) is 19.6 Å². The van der Waals surface area contributed by atoms with Crippen molar-refractivity contribution in [3.63, 3.8) is 0 Å². The molecule has 0 aliphatic heterocycles. The number of rotatable bonds is 9. The van der Waals surface area contributed by atoms with Gasteiger partial charge in [0.25, 0.3) is 0 Å². The van der Waals surface area contributed by atoms with Crippen molar-refractivity contribution in [2.24, 2.45) is 5.92 Å². The lowest BCUT2D eigenvalue weighted by Crippen LogP contribution is -2.36. The Bertz CT molecular complexity index is 275. The fraction of sp³-hybridized carbons (Fsp3) is 0.846. The SMILES string of the molecule is CC(C)CCNC(=O)CNCCC(=O)NC1CC1. The van der Waals surface area contributed by atoms with Crippen LogP contribution in [0.3, 0.4) is 0 Å². The van der Waals surface area contributed by atoms with E-state index in [0.717, 1.165) is 25.8 Å². The highest BCUT2D eigenvalue weighted by molar-refractivity contribution is 5.78. The van der Waals surface area contributed by atoms with Crippen LogP contribution >= 0.6 is 0 Å². The van der Waals surface area contributed by atoms with E-state index in [1.807, 2.05) is 0 Å². The van der Waals surface area contributed by atoms with E-state index in [9.17, 15) is 9.59 Å². The highest BCUT2D eigenvalue weighted by Crippen LogP contribution is 2.18. The van der Waals surface area contributed by atoms with E-state index < -0.39 is 0 Å². The van der Waals surface area contributed by atoms with Crippen LogP contribution in [0.4, 0.5) is 0 Å². The normalized spacial score (nSPS) is 14.6. The molecule has 0 saturated heterocycles. The number of hydrogen-bond donors (Lipinski definition) is 3. The molecule has 2 amide bonds. The number of carbonyl (C=O) groups is 2. The van der Waals surface area contributed by atoms with Gasteiger partial charge >= 0.3 is 0 Å². The van der Waals surface area contributed by atoms with Crippen molar-refractivity contribution in [1.29, 1.82) is 0 Å². The molecule has 104 valence electrons. The minimum Gasteiger partial charge on any atom is -0.355 e. The fourth-order valence-electron chi connectivity index (χ4n) is 1.49. The summed E-state index contributed by atoms with van der Waals surface area (Å²) in [6, 6.07) is 0.414. The largest absolute Gasteiger partial charge is 0.355 e. The van der Waals surface area contributed by atoms with Gasteiger partial charge in [0.2, 0.25) is 11.8 Å². The predicted molar refractivity (Wildman–Crippen MR) is 71.1 cm³/mol. The van der Waals surface area contributed by atoms with E-state index >= 15 is 0 Å². The van der Waals surface area contributed by atoms with Gasteiger partial charge < -0.3 is 16.0 Å². The third-order valence-electron chi connectivity index (χ3n) is 2.80. The van der Waals surface area contributed by atoms with Crippen molar-refractivity contribution < 1.29 is 9.59 Å². The Morgan fingerprint density at radius 1 is 1.17 bits per heavy atom. The summed E-state index contributed by atoms with van der Waals surface area (Å²) in [5, 5.41) is 8.73. The Kier molecular flexibility index (Phi) is 6.72. The van der Waals surface area contributed by atoms with Crippen LogP contribution in [0.2, 0.25) is 0 Å². The average Bonchev–Trinajstić information content (AvgIpc) is 3.08. The lowest BCUT2D eigenvalue weighted by Gasteiger charge is -2.08. The Balaban J connectivity index is 1.89. The Labute approximate surface area is 109 Å². The molecule has 3 N–H and O–H groups in total.